The lowest BCUT2D eigenvalue weighted by Gasteiger charge is -2.11. The number of halogens is 5. The lowest BCUT2D eigenvalue weighted by atomic mass is 10.1. The van der Waals surface area contributed by atoms with Gasteiger partial charge in [0.05, 0.1) is 5.56 Å². The molecule has 0 saturated heterocycles. The zero-order valence-electron chi connectivity index (χ0n) is 9.92. The van der Waals surface area contributed by atoms with Crippen LogP contribution in [-0.4, -0.2) is 4.98 Å². The van der Waals surface area contributed by atoms with E-state index in [0.717, 1.165) is 12.1 Å². The Balaban J connectivity index is 2.11. The lowest BCUT2D eigenvalue weighted by molar-refractivity contribution is -0.137. The standard InChI is InChI=1S/C13H8BrF3INO/c14-11-2-1-3-12(19-11)20-7-8-4-5-9(6-10(8)18)13(15,16)17/h1-6H,7H2. The molecule has 2 nitrogen and oxygen atoms in total. The van der Waals surface area contributed by atoms with Gasteiger partial charge >= 0.3 is 6.18 Å². The van der Waals surface area contributed by atoms with E-state index in [-0.39, 0.29) is 6.61 Å². The monoisotopic (exact) mass is 457 g/mol. The maximum absolute atomic E-state index is 12.5. The zero-order chi connectivity index (χ0) is 14.8. The van der Waals surface area contributed by atoms with Gasteiger partial charge < -0.3 is 4.74 Å². The second-order valence-electron chi connectivity index (χ2n) is 3.89. The third-order valence-corrected chi connectivity index (χ3v) is 3.89. The molecule has 1 heterocycles. The molecular weight excluding hydrogens is 450 g/mol. The van der Waals surface area contributed by atoms with E-state index in [1.54, 1.807) is 18.2 Å². The van der Waals surface area contributed by atoms with Crippen LogP contribution in [0.1, 0.15) is 11.1 Å². The summed E-state index contributed by atoms with van der Waals surface area (Å²) >= 11 is 5.08. The molecule has 0 aliphatic carbocycles. The van der Waals surface area contributed by atoms with Gasteiger partial charge in [-0.25, -0.2) is 4.98 Å². The van der Waals surface area contributed by atoms with Gasteiger partial charge in [0.25, 0.3) is 0 Å². The van der Waals surface area contributed by atoms with Gasteiger partial charge in [0, 0.05) is 15.2 Å². The minimum Gasteiger partial charge on any atom is -0.473 e. The van der Waals surface area contributed by atoms with Gasteiger partial charge in [-0.15, -0.1) is 0 Å². The van der Waals surface area contributed by atoms with Gasteiger partial charge in [-0.1, -0.05) is 12.1 Å². The Morgan fingerprint density at radius 1 is 1.20 bits per heavy atom. The molecule has 2 rings (SSSR count). The Bertz CT molecular complexity index is 619. The van der Waals surface area contributed by atoms with E-state index in [2.05, 4.69) is 20.9 Å². The normalized spacial score (nSPS) is 11.4. The predicted octanol–water partition coefficient (Wildman–Crippen LogP) is 5.05. The summed E-state index contributed by atoms with van der Waals surface area (Å²) in [4.78, 5) is 4.09. The van der Waals surface area contributed by atoms with Crippen molar-refractivity contribution in [1.29, 1.82) is 0 Å². The van der Waals surface area contributed by atoms with Crippen LogP contribution in [0.4, 0.5) is 13.2 Å². The van der Waals surface area contributed by atoms with Crippen molar-refractivity contribution in [3.63, 3.8) is 0 Å². The van der Waals surface area contributed by atoms with Crippen LogP contribution in [0.25, 0.3) is 0 Å². The number of hydrogen-bond donors (Lipinski definition) is 0. The number of rotatable bonds is 3. The summed E-state index contributed by atoms with van der Waals surface area (Å²) in [5, 5.41) is 0. The molecule has 0 amide bonds. The molecule has 0 atom stereocenters. The molecule has 1 aromatic carbocycles. The third-order valence-electron chi connectivity index (χ3n) is 2.45. The molecule has 0 radical (unpaired) electrons. The summed E-state index contributed by atoms with van der Waals surface area (Å²) in [6.45, 7) is 0.167. The van der Waals surface area contributed by atoms with E-state index < -0.39 is 11.7 Å². The van der Waals surface area contributed by atoms with Crippen molar-refractivity contribution in [1.82, 2.24) is 4.98 Å². The number of ether oxygens (including phenoxy) is 1. The summed E-state index contributed by atoms with van der Waals surface area (Å²) in [5.41, 5.74) is 0.0200. The molecule has 106 valence electrons. The van der Waals surface area contributed by atoms with Gasteiger partial charge in [0.1, 0.15) is 11.2 Å². The third kappa shape index (κ3) is 4.08. The van der Waals surface area contributed by atoms with Crippen molar-refractivity contribution in [2.45, 2.75) is 12.8 Å². The Hall–Kier alpha value is -0.830. The van der Waals surface area contributed by atoms with E-state index >= 15 is 0 Å². The topological polar surface area (TPSA) is 22.1 Å². The van der Waals surface area contributed by atoms with Crippen molar-refractivity contribution in [2.75, 3.05) is 0 Å². The average Bonchev–Trinajstić information content (AvgIpc) is 2.36. The number of hydrogen-bond acceptors (Lipinski definition) is 2. The maximum Gasteiger partial charge on any atom is 0.416 e. The van der Waals surface area contributed by atoms with Crippen LogP contribution in [0.15, 0.2) is 41.0 Å². The van der Waals surface area contributed by atoms with Crippen molar-refractivity contribution >= 4 is 38.5 Å². The number of benzene rings is 1. The fourth-order valence-corrected chi connectivity index (χ4v) is 2.46. The Labute approximate surface area is 135 Å². The second kappa shape index (κ2) is 6.30. The average molecular weight is 458 g/mol. The lowest BCUT2D eigenvalue weighted by Crippen LogP contribution is -2.07. The van der Waals surface area contributed by atoms with Crippen LogP contribution in [0.2, 0.25) is 0 Å². The van der Waals surface area contributed by atoms with Crippen molar-refractivity contribution in [2.24, 2.45) is 0 Å². The van der Waals surface area contributed by atoms with Gasteiger partial charge in [0.2, 0.25) is 5.88 Å². The van der Waals surface area contributed by atoms with Crippen LogP contribution < -0.4 is 4.74 Å². The van der Waals surface area contributed by atoms with E-state index in [1.165, 1.54) is 6.07 Å². The highest BCUT2D eigenvalue weighted by Gasteiger charge is 2.30. The first kappa shape index (κ1) is 15.6. The first-order valence-corrected chi connectivity index (χ1v) is 7.34. The smallest absolute Gasteiger partial charge is 0.416 e. The fraction of sp³-hybridized carbons (Fsp3) is 0.154. The highest BCUT2D eigenvalue weighted by Crippen LogP contribution is 2.31. The quantitative estimate of drug-likeness (QED) is 0.475. The largest absolute Gasteiger partial charge is 0.473 e. The number of nitrogens with zero attached hydrogens (tertiary/aromatic N) is 1. The minimum atomic E-state index is -4.33. The van der Waals surface area contributed by atoms with Gasteiger partial charge in [-0.05, 0) is 56.7 Å². The summed E-state index contributed by atoms with van der Waals surface area (Å²) in [5.74, 6) is 0.412. The molecule has 2 aromatic rings. The Morgan fingerprint density at radius 3 is 2.55 bits per heavy atom. The van der Waals surface area contributed by atoms with Gasteiger partial charge in [-0.3, -0.25) is 0 Å². The molecule has 7 heteroatoms. The van der Waals surface area contributed by atoms with E-state index in [9.17, 15) is 13.2 Å². The molecule has 0 spiro atoms. The second-order valence-corrected chi connectivity index (χ2v) is 5.87. The molecule has 0 aliphatic rings. The van der Waals surface area contributed by atoms with E-state index in [1.807, 2.05) is 22.6 Å². The first-order chi connectivity index (χ1) is 9.36. The van der Waals surface area contributed by atoms with E-state index in [4.69, 9.17) is 4.74 Å². The Kier molecular flexibility index (Phi) is 4.90. The van der Waals surface area contributed by atoms with E-state index in [0.29, 0.717) is 19.6 Å². The van der Waals surface area contributed by atoms with Crippen molar-refractivity contribution < 1.29 is 17.9 Å². The number of alkyl halides is 3. The highest BCUT2D eigenvalue weighted by atomic mass is 127. The molecule has 0 bridgehead atoms. The molecule has 0 aliphatic heterocycles. The molecule has 0 N–H and O–H groups in total. The summed E-state index contributed by atoms with van der Waals surface area (Å²) < 4.78 is 44.2. The summed E-state index contributed by atoms with van der Waals surface area (Å²) in [6.07, 6.45) is -4.33. The predicted molar refractivity (Wildman–Crippen MR) is 80.4 cm³/mol. The van der Waals surface area contributed by atoms with Gasteiger partial charge in [0.15, 0.2) is 0 Å². The van der Waals surface area contributed by atoms with Crippen LogP contribution >= 0.6 is 38.5 Å². The molecule has 0 saturated carbocycles. The highest BCUT2D eigenvalue weighted by molar-refractivity contribution is 14.1. The fourth-order valence-electron chi connectivity index (χ4n) is 1.46. The summed E-state index contributed by atoms with van der Waals surface area (Å²) in [6, 6.07) is 8.78. The van der Waals surface area contributed by atoms with Crippen molar-refractivity contribution in [3.8, 4) is 5.88 Å². The molecule has 20 heavy (non-hydrogen) atoms. The molecule has 0 unspecified atom stereocenters. The maximum atomic E-state index is 12.5. The SMILES string of the molecule is FC(F)(F)c1ccc(COc2cccc(Br)n2)c(I)c1. The Morgan fingerprint density at radius 2 is 1.95 bits per heavy atom. The van der Waals surface area contributed by atoms with Crippen LogP contribution in [0.5, 0.6) is 5.88 Å². The minimum absolute atomic E-state index is 0.167. The van der Waals surface area contributed by atoms with Crippen LogP contribution in [0.3, 0.4) is 0 Å². The molecule has 1 aromatic heterocycles. The number of pyridine rings is 1. The van der Waals surface area contributed by atoms with Crippen molar-refractivity contribution in [3.05, 3.63) is 55.7 Å². The van der Waals surface area contributed by atoms with Gasteiger partial charge in [-0.2, -0.15) is 13.2 Å². The number of aromatic nitrogens is 1. The molecular formula is C13H8BrF3INO. The van der Waals surface area contributed by atoms with Crippen LogP contribution in [0, 0.1) is 3.57 Å². The molecule has 0 fully saturated rings. The zero-order valence-corrected chi connectivity index (χ0v) is 13.7. The van der Waals surface area contributed by atoms with Crippen LogP contribution in [-0.2, 0) is 12.8 Å². The first-order valence-electron chi connectivity index (χ1n) is 5.47. The summed E-state index contributed by atoms with van der Waals surface area (Å²) in [7, 11) is 0.